The Bertz CT molecular complexity index is 642. The summed E-state index contributed by atoms with van der Waals surface area (Å²) in [5.41, 5.74) is 1.69. The molecule has 0 bridgehead atoms. The number of benzene rings is 1. The Balaban J connectivity index is 2.15. The van der Waals surface area contributed by atoms with E-state index in [0.29, 0.717) is 17.0 Å². The maximum atomic E-state index is 14.3. The van der Waals surface area contributed by atoms with Crippen LogP contribution in [0.4, 0.5) is 4.39 Å². The van der Waals surface area contributed by atoms with Gasteiger partial charge in [0.25, 0.3) is 5.91 Å². The molecule has 1 aliphatic carbocycles. The van der Waals surface area contributed by atoms with Crippen molar-refractivity contribution >= 4 is 5.91 Å². The van der Waals surface area contributed by atoms with Gasteiger partial charge in [0.2, 0.25) is 0 Å². The number of terminal acetylenes is 1. The van der Waals surface area contributed by atoms with Crippen molar-refractivity contribution < 1.29 is 13.9 Å². The minimum Gasteiger partial charge on any atom is -0.478 e. The van der Waals surface area contributed by atoms with Crippen LogP contribution in [0.3, 0.4) is 0 Å². The van der Waals surface area contributed by atoms with Gasteiger partial charge >= 0.3 is 0 Å². The molecule has 0 saturated heterocycles. The van der Waals surface area contributed by atoms with Crippen molar-refractivity contribution in [2.45, 2.75) is 58.9 Å². The lowest BCUT2D eigenvalue weighted by Gasteiger charge is -2.28. The number of nitrogens with one attached hydrogen (secondary N) is 1. The van der Waals surface area contributed by atoms with Gasteiger partial charge in [-0.1, -0.05) is 25.2 Å². The lowest BCUT2D eigenvalue weighted by atomic mass is 9.84. The lowest BCUT2D eigenvalue weighted by molar-refractivity contribution is 0.0918. The molecule has 130 valence electrons. The van der Waals surface area contributed by atoms with Gasteiger partial charge in [-0.15, -0.1) is 6.42 Å². The first-order chi connectivity index (χ1) is 11.5. The predicted molar refractivity (Wildman–Crippen MR) is 93.7 cm³/mol. The van der Waals surface area contributed by atoms with Crippen LogP contribution in [-0.2, 0) is 0 Å². The molecular formula is C20H26FNO2. The summed E-state index contributed by atoms with van der Waals surface area (Å²) in [5.74, 6) is 2.18. The summed E-state index contributed by atoms with van der Waals surface area (Å²) in [6, 6.07) is 1.34. The van der Waals surface area contributed by atoms with Crippen LogP contribution in [0.25, 0.3) is 0 Å². The van der Waals surface area contributed by atoms with E-state index in [1.165, 1.54) is 25.3 Å². The molecule has 0 heterocycles. The number of ether oxygens (including phenoxy) is 1. The van der Waals surface area contributed by atoms with Crippen LogP contribution in [0, 0.1) is 37.9 Å². The molecule has 1 aromatic rings. The van der Waals surface area contributed by atoms with Gasteiger partial charge in [-0.05, 0) is 56.7 Å². The summed E-state index contributed by atoms with van der Waals surface area (Å²) < 4.78 is 19.6. The Labute approximate surface area is 144 Å². The predicted octanol–water partition coefficient (Wildman–Crippen LogP) is 4.15. The van der Waals surface area contributed by atoms with E-state index in [9.17, 15) is 9.18 Å². The standard InChI is InChI=1S/C20H26FNO2/c1-5-11-24-19-14(3)13(2)17(12-18(19)21)20(23)22-15(4)16-9-7-6-8-10-16/h1,12,15-16H,6-11H2,2-4H3,(H,22,23)/t15-/m0/s1. The second-order valence-corrected chi connectivity index (χ2v) is 6.64. The van der Waals surface area contributed by atoms with Gasteiger partial charge < -0.3 is 10.1 Å². The molecule has 1 aromatic carbocycles. The summed E-state index contributed by atoms with van der Waals surface area (Å²) >= 11 is 0. The molecule has 4 heteroatoms. The first-order valence-electron chi connectivity index (χ1n) is 8.62. The van der Waals surface area contributed by atoms with E-state index in [4.69, 9.17) is 11.2 Å². The molecule has 0 unspecified atom stereocenters. The maximum Gasteiger partial charge on any atom is 0.251 e. The SMILES string of the molecule is C#CCOc1c(F)cc(C(=O)N[C@@H](C)C2CCCCC2)c(C)c1C. The Kier molecular flexibility index (Phi) is 6.25. The second-order valence-electron chi connectivity index (χ2n) is 6.64. The van der Waals surface area contributed by atoms with Crippen LogP contribution in [0.2, 0.25) is 0 Å². The Morgan fingerprint density at radius 1 is 1.38 bits per heavy atom. The van der Waals surface area contributed by atoms with E-state index in [2.05, 4.69) is 11.2 Å². The first kappa shape index (κ1) is 18.3. The van der Waals surface area contributed by atoms with E-state index in [1.807, 2.05) is 6.92 Å². The number of hydrogen-bond acceptors (Lipinski definition) is 2. The van der Waals surface area contributed by atoms with E-state index < -0.39 is 5.82 Å². The molecule has 0 aromatic heterocycles. The van der Waals surface area contributed by atoms with Crippen molar-refractivity contribution in [3.05, 3.63) is 28.6 Å². The van der Waals surface area contributed by atoms with Crippen molar-refractivity contribution in [3.63, 3.8) is 0 Å². The zero-order valence-corrected chi connectivity index (χ0v) is 14.7. The highest BCUT2D eigenvalue weighted by atomic mass is 19.1. The quantitative estimate of drug-likeness (QED) is 0.823. The molecule has 24 heavy (non-hydrogen) atoms. The molecule has 1 saturated carbocycles. The van der Waals surface area contributed by atoms with Crippen LogP contribution < -0.4 is 10.1 Å². The van der Waals surface area contributed by atoms with Crippen molar-refractivity contribution in [1.29, 1.82) is 0 Å². The Morgan fingerprint density at radius 3 is 2.67 bits per heavy atom. The van der Waals surface area contributed by atoms with Crippen LogP contribution in [0.1, 0.15) is 60.5 Å². The summed E-state index contributed by atoms with van der Waals surface area (Å²) in [6.07, 6.45) is 11.2. The third-order valence-corrected chi connectivity index (χ3v) is 5.06. The van der Waals surface area contributed by atoms with Gasteiger partial charge in [0.15, 0.2) is 11.6 Å². The van der Waals surface area contributed by atoms with E-state index >= 15 is 0 Å². The number of rotatable bonds is 5. The summed E-state index contributed by atoms with van der Waals surface area (Å²) in [5, 5.41) is 3.05. The van der Waals surface area contributed by atoms with E-state index in [-0.39, 0.29) is 24.3 Å². The number of amides is 1. The lowest BCUT2D eigenvalue weighted by Crippen LogP contribution is -2.39. The van der Waals surface area contributed by atoms with Crippen molar-refractivity contribution in [3.8, 4) is 18.1 Å². The maximum absolute atomic E-state index is 14.3. The highest BCUT2D eigenvalue weighted by Gasteiger charge is 2.24. The van der Waals surface area contributed by atoms with Crippen molar-refractivity contribution in [2.75, 3.05) is 6.61 Å². The molecule has 3 nitrogen and oxygen atoms in total. The zero-order chi connectivity index (χ0) is 17.7. The molecule has 1 fully saturated rings. The molecule has 1 N–H and O–H groups in total. The molecule has 1 aliphatic rings. The molecule has 0 radical (unpaired) electrons. The Hall–Kier alpha value is -2.02. The average molecular weight is 331 g/mol. The van der Waals surface area contributed by atoms with Crippen molar-refractivity contribution in [1.82, 2.24) is 5.32 Å². The van der Waals surface area contributed by atoms with Gasteiger partial charge in [-0.25, -0.2) is 4.39 Å². The minimum absolute atomic E-state index is 0.00145. The smallest absolute Gasteiger partial charge is 0.251 e. The fraction of sp³-hybridized carbons (Fsp3) is 0.550. The number of carbonyl (C=O) groups excluding carboxylic acids is 1. The molecular weight excluding hydrogens is 305 g/mol. The zero-order valence-electron chi connectivity index (χ0n) is 14.7. The minimum atomic E-state index is -0.552. The normalized spacial score (nSPS) is 16.3. The van der Waals surface area contributed by atoms with E-state index in [1.54, 1.807) is 13.8 Å². The molecule has 0 spiro atoms. The van der Waals surface area contributed by atoms with Crippen LogP contribution in [0.15, 0.2) is 6.07 Å². The third kappa shape index (κ3) is 4.08. The number of carbonyl (C=O) groups is 1. The summed E-state index contributed by atoms with van der Waals surface area (Å²) in [6.45, 7) is 5.58. The fourth-order valence-corrected chi connectivity index (χ4v) is 3.42. The monoisotopic (exact) mass is 331 g/mol. The Morgan fingerprint density at radius 2 is 2.04 bits per heavy atom. The summed E-state index contributed by atoms with van der Waals surface area (Å²) in [4.78, 5) is 12.6. The highest BCUT2D eigenvalue weighted by molar-refractivity contribution is 5.96. The molecule has 1 amide bonds. The van der Waals surface area contributed by atoms with E-state index in [0.717, 1.165) is 18.4 Å². The number of halogens is 1. The number of hydrogen-bond donors (Lipinski definition) is 1. The van der Waals surface area contributed by atoms with Gasteiger partial charge in [0, 0.05) is 11.6 Å². The van der Waals surface area contributed by atoms with Gasteiger partial charge in [0.05, 0.1) is 0 Å². The van der Waals surface area contributed by atoms with Gasteiger partial charge in [-0.3, -0.25) is 4.79 Å². The average Bonchev–Trinajstić information content (AvgIpc) is 2.58. The van der Waals surface area contributed by atoms with Crippen molar-refractivity contribution in [2.24, 2.45) is 5.92 Å². The third-order valence-electron chi connectivity index (χ3n) is 5.06. The summed E-state index contributed by atoms with van der Waals surface area (Å²) in [7, 11) is 0. The molecule has 2 rings (SSSR count). The molecule has 1 atom stereocenters. The van der Waals surface area contributed by atoms with Crippen LogP contribution >= 0.6 is 0 Å². The van der Waals surface area contributed by atoms with Crippen LogP contribution in [0.5, 0.6) is 5.75 Å². The highest BCUT2D eigenvalue weighted by Crippen LogP contribution is 2.29. The fourth-order valence-electron chi connectivity index (χ4n) is 3.42. The second kappa shape index (κ2) is 8.19. The van der Waals surface area contributed by atoms with Gasteiger partial charge in [0.1, 0.15) is 6.61 Å². The largest absolute Gasteiger partial charge is 0.478 e. The van der Waals surface area contributed by atoms with Crippen LogP contribution in [-0.4, -0.2) is 18.6 Å². The topological polar surface area (TPSA) is 38.3 Å². The first-order valence-corrected chi connectivity index (χ1v) is 8.62. The van der Waals surface area contributed by atoms with Gasteiger partial charge in [-0.2, -0.15) is 0 Å². The molecule has 0 aliphatic heterocycles.